The number of aromatic amines is 1. The molecular weight excluding hydrogens is 304 g/mol. The summed E-state index contributed by atoms with van der Waals surface area (Å²) in [4.78, 5) is 20.0. The molecule has 0 saturated carbocycles. The number of carbonyl (C=O) groups excluding carboxylic acids is 1. The van der Waals surface area contributed by atoms with Crippen molar-refractivity contribution in [1.29, 1.82) is 0 Å². The Labute approximate surface area is 139 Å². The lowest BCUT2D eigenvalue weighted by atomic mass is 10.1. The first kappa shape index (κ1) is 14.7. The Morgan fingerprint density at radius 1 is 1.30 bits per heavy atom. The molecule has 2 aromatic heterocycles. The molecule has 0 radical (unpaired) electrons. The van der Waals surface area contributed by atoms with E-state index in [1.54, 1.807) is 11.3 Å². The summed E-state index contributed by atoms with van der Waals surface area (Å²) in [5, 5.41) is 3.17. The van der Waals surface area contributed by atoms with Crippen molar-refractivity contribution in [3.8, 4) is 0 Å². The number of rotatable bonds is 4. The largest absolute Gasteiger partial charge is 0.358 e. The molecule has 4 rings (SSSR count). The van der Waals surface area contributed by atoms with Crippen molar-refractivity contribution in [2.24, 2.45) is 0 Å². The number of aryl methyl sites for hydroxylation is 1. The van der Waals surface area contributed by atoms with E-state index >= 15 is 0 Å². The van der Waals surface area contributed by atoms with Gasteiger partial charge in [-0.2, -0.15) is 0 Å². The topological polar surface area (TPSA) is 36.1 Å². The molecule has 0 aliphatic carbocycles. The number of nitrogens with zero attached hydrogens (tertiary/aromatic N) is 1. The molecule has 1 saturated heterocycles. The maximum absolute atomic E-state index is 13.0. The first-order valence-corrected chi connectivity index (χ1v) is 9.00. The Morgan fingerprint density at radius 3 is 3.00 bits per heavy atom. The van der Waals surface area contributed by atoms with Crippen LogP contribution < -0.4 is 0 Å². The fourth-order valence-corrected chi connectivity index (χ4v) is 4.61. The van der Waals surface area contributed by atoms with Crippen LogP contribution in [0.25, 0.3) is 10.9 Å². The predicted molar refractivity (Wildman–Crippen MR) is 95.2 cm³/mol. The summed E-state index contributed by atoms with van der Waals surface area (Å²) in [6.45, 7) is 3.51. The number of benzene rings is 1. The van der Waals surface area contributed by atoms with Gasteiger partial charge in [-0.25, -0.2) is 0 Å². The summed E-state index contributed by atoms with van der Waals surface area (Å²) in [6.07, 6.45) is 2.32. The molecule has 0 unspecified atom stereocenters. The Balaban J connectivity index is 1.61. The lowest BCUT2D eigenvalue weighted by Crippen LogP contribution is -2.29. The molecule has 0 amide bonds. The zero-order chi connectivity index (χ0) is 15.8. The quantitative estimate of drug-likeness (QED) is 0.714. The first-order valence-electron chi connectivity index (χ1n) is 8.12. The number of thiophene rings is 1. The monoisotopic (exact) mass is 324 g/mol. The standard InChI is InChI=1S/C19H20N2OS/c1-13-19(14-6-2-3-7-15(14)20-13)17(22)12-21-10-4-8-16(21)18-9-5-11-23-18/h2-3,5-7,9,11,16,20H,4,8,10,12H2,1H3/t16-/m1/s1. The molecule has 3 heterocycles. The van der Waals surface area contributed by atoms with Crippen LogP contribution in [0.2, 0.25) is 0 Å². The van der Waals surface area contributed by atoms with Gasteiger partial charge in [-0.05, 0) is 43.8 Å². The van der Waals surface area contributed by atoms with Crippen molar-refractivity contribution >= 4 is 28.0 Å². The number of para-hydroxylation sites is 1. The Morgan fingerprint density at radius 2 is 2.17 bits per heavy atom. The second-order valence-electron chi connectivity index (χ2n) is 6.24. The molecule has 23 heavy (non-hydrogen) atoms. The number of hydrogen-bond acceptors (Lipinski definition) is 3. The van der Waals surface area contributed by atoms with Gasteiger partial charge < -0.3 is 4.98 Å². The van der Waals surface area contributed by atoms with Crippen LogP contribution in [0, 0.1) is 6.92 Å². The molecule has 118 valence electrons. The van der Waals surface area contributed by atoms with Gasteiger partial charge >= 0.3 is 0 Å². The van der Waals surface area contributed by atoms with Gasteiger partial charge in [0, 0.05) is 33.1 Å². The van der Waals surface area contributed by atoms with Gasteiger partial charge in [0.05, 0.1) is 6.54 Å². The lowest BCUT2D eigenvalue weighted by Gasteiger charge is -2.22. The highest BCUT2D eigenvalue weighted by atomic mass is 32.1. The van der Waals surface area contributed by atoms with Crippen molar-refractivity contribution < 1.29 is 4.79 Å². The summed E-state index contributed by atoms with van der Waals surface area (Å²) in [6, 6.07) is 12.8. The van der Waals surface area contributed by atoms with Gasteiger partial charge in [0.15, 0.2) is 5.78 Å². The van der Waals surface area contributed by atoms with Crippen molar-refractivity contribution in [2.45, 2.75) is 25.8 Å². The molecule has 1 aromatic carbocycles. The number of nitrogens with one attached hydrogen (secondary N) is 1. The van der Waals surface area contributed by atoms with Gasteiger partial charge in [0.25, 0.3) is 0 Å². The van der Waals surface area contributed by atoms with Crippen molar-refractivity contribution in [1.82, 2.24) is 9.88 Å². The zero-order valence-electron chi connectivity index (χ0n) is 13.2. The summed E-state index contributed by atoms with van der Waals surface area (Å²) in [5.74, 6) is 0.225. The summed E-state index contributed by atoms with van der Waals surface area (Å²) in [5.41, 5.74) is 2.88. The number of H-pyrrole nitrogens is 1. The van der Waals surface area contributed by atoms with Gasteiger partial charge in [-0.3, -0.25) is 9.69 Å². The van der Waals surface area contributed by atoms with Gasteiger partial charge in [-0.15, -0.1) is 11.3 Å². The zero-order valence-corrected chi connectivity index (χ0v) is 14.0. The molecule has 1 aliphatic rings. The molecule has 4 heteroatoms. The molecule has 1 fully saturated rings. The van der Waals surface area contributed by atoms with E-state index in [4.69, 9.17) is 0 Å². The first-order chi connectivity index (χ1) is 11.2. The molecule has 0 bridgehead atoms. The fraction of sp³-hybridized carbons (Fsp3) is 0.316. The highest BCUT2D eigenvalue weighted by Gasteiger charge is 2.29. The van der Waals surface area contributed by atoms with Crippen molar-refractivity contribution in [2.75, 3.05) is 13.1 Å². The fourth-order valence-electron chi connectivity index (χ4n) is 3.72. The smallest absolute Gasteiger partial charge is 0.179 e. The Kier molecular flexibility index (Phi) is 3.79. The van der Waals surface area contributed by atoms with E-state index < -0.39 is 0 Å². The highest BCUT2D eigenvalue weighted by Crippen LogP contribution is 2.34. The van der Waals surface area contributed by atoms with E-state index in [0.29, 0.717) is 12.6 Å². The minimum Gasteiger partial charge on any atom is -0.358 e. The molecule has 1 N–H and O–H groups in total. The van der Waals surface area contributed by atoms with Crippen LogP contribution in [0.1, 0.15) is 39.8 Å². The number of hydrogen-bond donors (Lipinski definition) is 1. The van der Waals surface area contributed by atoms with Gasteiger partial charge in [0.1, 0.15) is 0 Å². The normalized spacial score (nSPS) is 18.7. The number of ketones is 1. The predicted octanol–water partition coefficient (Wildman–Crippen LogP) is 4.56. The molecule has 1 atom stereocenters. The molecule has 1 aliphatic heterocycles. The average molecular weight is 324 g/mol. The Hall–Kier alpha value is -1.91. The molecule has 3 nitrogen and oxygen atoms in total. The van der Waals surface area contributed by atoms with Gasteiger partial charge in [-0.1, -0.05) is 24.3 Å². The van der Waals surface area contributed by atoms with Crippen molar-refractivity contribution in [3.63, 3.8) is 0 Å². The second kappa shape index (κ2) is 5.95. The number of fused-ring (bicyclic) bond motifs is 1. The van der Waals surface area contributed by atoms with Crippen LogP contribution in [0.5, 0.6) is 0 Å². The highest BCUT2D eigenvalue weighted by molar-refractivity contribution is 7.10. The third kappa shape index (κ3) is 2.62. The van der Waals surface area contributed by atoms with E-state index in [-0.39, 0.29) is 5.78 Å². The van der Waals surface area contributed by atoms with Crippen LogP contribution in [0.4, 0.5) is 0 Å². The number of aromatic nitrogens is 1. The van der Waals surface area contributed by atoms with E-state index in [1.807, 2.05) is 31.2 Å². The summed E-state index contributed by atoms with van der Waals surface area (Å²) >= 11 is 1.80. The number of likely N-dealkylation sites (tertiary alicyclic amines) is 1. The number of carbonyl (C=O) groups is 1. The summed E-state index contributed by atoms with van der Waals surface area (Å²) in [7, 11) is 0. The maximum atomic E-state index is 13.0. The van der Waals surface area contributed by atoms with Crippen molar-refractivity contribution in [3.05, 3.63) is 57.9 Å². The molecule has 0 spiro atoms. The van der Waals surface area contributed by atoms with E-state index in [2.05, 4.69) is 27.4 Å². The minimum absolute atomic E-state index is 0.225. The molecular formula is C19H20N2OS. The van der Waals surface area contributed by atoms with E-state index in [1.165, 1.54) is 11.3 Å². The van der Waals surface area contributed by atoms with Crippen LogP contribution in [0.3, 0.4) is 0 Å². The van der Waals surface area contributed by atoms with Crippen LogP contribution in [-0.4, -0.2) is 28.8 Å². The minimum atomic E-state index is 0.225. The molecule has 3 aromatic rings. The third-order valence-corrected chi connectivity index (χ3v) is 5.73. The van der Waals surface area contributed by atoms with Crippen LogP contribution >= 0.6 is 11.3 Å². The van der Waals surface area contributed by atoms with Crippen LogP contribution in [-0.2, 0) is 0 Å². The SMILES string of the molecule is Cc1[nH]c2ccccc2c1C(=O)CN1CCC[C@@H]1c1cccs1. The lowest BCUT2D eigenvalue weighted by molar-refractivity contribution is 0.0923. The maximum Gasteiger partial charge on any atom is 0.179 e. The van der Waals surface area contributed by atoms with Crippen LogP contribution in [0.15, 0.2) is 41.8 Å². The van der Waals surface area contributed by atoms with Gasteiger partial charge in [0.2, 0.25) is 0 Å². The number of Topliss-reactive ketones (excluding diaryl/α,β-unsaturated/α-hetero) is 1. The average Bonchev–Trinajstić information content (AvgIpc) is 3.24. The van der Waals surface area contributed by atoms with E-state index in [9.17, 15) is 4.79 Å². The third-order valence-electron chi connectivity index (χ3n) is 4.75. The van der Waals surface area contributed by atoms with E-state index in [0.717, 1.165) is 35.1 Å². The Bertz CT molecular complexity index is 834. The summed E-state index contributed by atoms with van der Waals surface area (Å²) < 4.78 is 0. The second-order valence-corrected chi connectivity index (χ2v) is 7.22.